The van der Waals surface area contributed by atoms with E-state index >= 15 is 0 Å². The van der Waals surface area contributed by atoms with E-state index in [4.69, 9.17) is 9.84 Å². The van der Waals surface area contributed by atoms with Gasteiger partial charge in [0, 0.05) is 5.92 Å². The van der Waals surface area contributed by atoms with Gasteiger partial charge >= 0.3 is 12.1 Å². The Morgan fingerprint density at radius 1 is 0.943 bits per heavy atom. The zero-order chi connectivity index (χ0) is 25.1. The number of phenols is 1. The van der Waals surface area contributed by atoms with Crippen LogP contribution in [0.2, 0.25) is 0 Å². The normalized spacial score (nSPS) is 13.0. The Morgan fingerprint density at radius 2 is 1.54 bits per heavy atom. The molecule has 0 aliphatic heterocycles. The topological polar surface area (TPSA) is 125 Å². The van der Waals surface area contributed by atoms with Crippen molar-refractivity contribution in [2.75, 3.05) is 11.9 Å². The van der Waals surface area contributed by atoms with Crippen molar-refractivity contribution < 1.29 is 29.3 Å². The van der Waals surface area contributed by atoms with Gasteiger partial charge in [-0.25, -0.2) is 9.59 Å². The van der Waals surface area contributed by atoms with Crippen LogP contribution in [-0.4, -0.2) is 40.8 Å². The van der Waals surface area contributed by atoms with E-state index in [2.05, 4.69) is 10.6 Å². The van der Waals surface area contributed by atoms with E-state index in [0.717, 1.165) is 28.3 Å². The van der Waals surface area contributed by atoms with Crippen molar-refractivity contribution in [2.45, 2.75) is 25.8 Å². The van der Waals surface area contributed by atoms with Crippen LogP contribution in [0, 0.1) is 5.92 Å². The number of phenolic OH excluding ortho intramolecular Hbond substituents is 1. The molecule has 0 saturated heterocycles. The lowest BCUT2D eigenvalue weighted by atomic mass is 9.98. The minimum Gasteiger partial charge on any atom is -0.506 e. The maximum absolute atomic E-state index is 12.9. The average Bonchev–Trinajstić information content (AvgIpc) is 3.16. The number of ether oxygens (including phenoxy) is 1. The number of carboxylic acid groups (broad SMARTS) is 1. The third-order valence-electron chi connectivity index (χ3n) is 6.07. The molecule has 0 spiro atoms. The lowest BCUT2D eigenvalue weighted by Gasteiger charge is -2.22. The maximum atomic E-state index is 12.9. The molecule has 180 valence electrons. The van der Waals surface area contributed by atoms with Crippen molar-refractivity contribution in [3.05, 3.63) is 83.4 Å². The lowest BCUT2D eigenvalue weighted by Crippen LogP contribution is -2.47. The number of rotatable bonds is 7. The summed E-state index contributed by atoms with van der Waals surface area (Å²) in [5, 5.41) is 24.3. The number of nitrogens with one attached hydrogen (secondary N) is 2. The molecule has 0 fully saturated rings. The van der Waals surface area contributed by atoms with Crippen molar-refractivity contribution >= 4 is 23.7 Å². The van der Waals surface area contributed by atoms with Gasteiger partial charge in [0.2, 0.25) is 5.91 Å². The van der Waals surface area contributed by atoms with E-state index in [0.29, 0.717) is 0 Å². The van der Waals surface area contributed by atoms with E-state index < -0.39 is 24.0 Å². The minimum atomic E-state index is -1.20. The summed E-state index contributed by atoms with van der Waals surface area (Å²) in [6.07, 6.45) is -0.746. The fraction of sp³-hybridized carbons (Fsp3) is 0.222. The Bertz CT molecular complexity index is 1240. The van der Waals surface area contributed by atoms with Crippen molar-refractivity contribution in [2.24, 2.45) is 5.92 Å². The second kappa shape index (κ2) is 9.89. The van der Waals surface area contributed by atoms with Crippen LogP contribution in [-0.2, 0) is 9.53 Å². The molecule has 1 aliphatic rings. The number of aromatic carboxylic acids is 1. The van der Waals surface area contributed by atoms with Crippen molar-refractivity contribution in [3.63, 3.8) is 0 Å². The molecular weight excluding hydrogens is 448 g/mol. The third kappa shape index (κ3) is 4.96. The molecule has 0 bridgehead atoms. The standard InChI is InChI=1S/C27H26N2O6/c1-15(2)24(25(31)28-22-13-16(26(32)33)11-12-23(22)30)29-27(34)35-14-21-19-9-5-3-7-17(19)18-8-4-6-10-20(18)21/h3-13,15,21,24,30H,14H2,1-2H3,(H,28,31)(H,29,34)(H,32,33)/t24-/m0/s1. The highest BCUT2D eigenvalue weighted by Crippen LogP contribution is 2.44. The third-order valence-corrected chi connectivity index (χ3v) is 6.07. The molecule has 0 unspecified atom stereocenters. The van der Waals surface area contributed by atoms with Gasteiger partial charge in [-0.05, 0) is 46.4 Å². The fourth-order valence-corrected chi connectivity index (χ4v) is 4.28. The molecule has 4 rings (SSSR count). The number of carboxylic acids is 1. The first-order valence-electron chi connectivity index (χ1n) is 11.2. The fourth-order valence-electron chi connectivity index (χ4n) is 4.28. The summed E-state index contributed by atoms with van der Waals surface area (Å²) in [5.41, 5.74) is 4.22. The van der Waals surface area contributed by atoms with Gasteiger partial charge in [-0.2, -0.15) is 0 Å². The molecule has 0 radical (unpaired) electrons. The number of carbonyl (C=O) groups excluding carboxylic acids is 2. The number of anilines is 1. The Balaban J connectivity index is 1.43. The number of fused-ring (bicyclic) bond motifs is 3. The number of alkyl carbamates (subject to hydrolysis) is 1. The van der Waals surface area contributed by atoms with Crippen molar-refractivity contribution in [1.82, 2.24) is 5.32 Å². The summed E-state index contributed by atoms with van der Waals surface area (Å²) >= 11 is 0. The minimum absolute atomic E-state index is 0.0603. The monoisotopic (exact) mass is 474 g/mol. The van der Waals surface area contributed by atoms with Crippen LogP contribution in [0.5, 0.6) is 5.75 Å². The predicted octanol–water partition coefficient (Wildman–Crippen LogP) is 4.59. The van der Waals surface area contributed by atoms with Crippen molar-refractivity contribution in [3.8, 4) is 16.9 Å². The van der Waals surface area contributed by atoms with Crippen LogP contribution < -0.4 is 10.6 Å². The van der Waals surface area contributed by atoms with E-state index in [-0.39, 0.29) is 35.4 Å². The van der Waals surface area contributed by atoms with Gasteiger partial charge in [0.05, 0.1) is 11.3 Å². The molecule has 3 aromatic rings. The van der Waals surface area contributed by atoms with E-state index in [1.807, 2.05) is 48.5 Å². The van der Waals surface area contributed by atoms with E-state index in [1.165, 1.54) is 12.1 Å². The average molecular weight is 475 g/mol. The number of benzene rings is 3. The molecule has 4 N–H and O–H groups in total. The predicted molar refractivity (Wildman–Crippen MR) is 131 cm³/mol. The van der Waals surface area contributed by atoms with Gasteiger partial charge in [0.25, 0.3) is 0 Å². The molecule has 0 heterocycles. The van der Waals surface area contributed by atoms with Crippen LogP contribution in [0.1, 0.15) is 41.3 Å². The van der Waals surface area contributed by atoms with Gasteiger partial charge in [-0.3, -0.25) is 4.79 Å². The van der Waals surface area contributed by atoms with E-state index in [1.54, 1.807) is 13.8 Å². The Kier molecular flexibility index (Phi) is 6.73. The summed E-state index contributed by atoms with van der Waals surface area (Å²) in [5.74, 6) is -2.51. The highest BCUT2D eigenvalue weighted by molar-refractivity contribution is 5.99. The molecule has 1 atom stereocenters. The van der Waals surface area contributed by atoms with Crippen LogP contribution in [0.25, 0.3) is 11.1 Å². The second-order valence-electron chi connectivity index (χ2n) is 8.72. The maximum Gasteiger partial charge on any atom is 0.407 e. The molecular formula is C27H26N2O6. The summed E-state index contributed by atoms with van der Waals surface area (Å²) < 4.78 is 5.54. The first-order chi connectivity index (χ1) is 16.8. The summed E-state index contributed by atoms with van der Waals surface area (Å²) in [6.45, 7) is 3.61. The molecule has 0 saturated carbocycles. The van der Waals surface area contributed by atoms with Crippen LogP contribution >= 0.6 is 0 Å². The van der Waals surface area contributed by atoms with Crippen LogP contribution in [0.15, 0.2) is 66.7 Å². The molecule has 8 nitrogen and oxygen atoms in total. The zero-order valence-electron chi connectivity index (χ0n) is 19.3. The first kappa shape index (κ1) is 23.8. The lowest BCUT2D eigenvalue weighted by molar-refractivity contribution is -0.119. The van der Waals surface area contributed by atoms with Gasteiger partial charge in [0.15, 0.2) is 0 Å². The number of hydrogen-bond donors (Lipinski definition) is 4. The SMILES string of the molecule is CC(C)[C@H](NC(=O)OCC1c2ccccc2-c2ccccc21)C(=O)Nc1cc(C(=O)O)ccc1O. The second-order valence-corrected chi connectivity index (χ2v) is 8.72. The Morgan fingerprint density at radius 3 is 2.11 bits per heavy atom. The summed E-state index contributed by atoms with van der Waals surface area (Å²) in [6, 6.07) is 18.6. The molecule has 3 aromatic carbocycles. The first-order valence-corrected chi connectivity index (χ1v) is 11.2. The van der Waals surface area contributed by atoms with Gasteiger partial charge < -0.3 is 25.6 Å². The molecule has 35 heavy (non-hydrogen) atoms. The molecule has 8 heteroatoms. The highest BCUT2D eigenvalue weighted by atomic mass is 16.5. The quantitative estimate of drug-likeness (QED) is 0.371. The number of aromatic hydroxyl groups is 1. The number of hydrogen-bond acceptors (Lipinski definition) is 5. The van der Waals surface area contributed by atoms with Gasteiger partial charge in [-0.15, -0.1) is 0 Å². The van der Waals surface area contributed by atoms with Gasteiger partial charge in [-0.1, -0.05) is 62.4 Å². The molecule has 2 amide bonds. The van der Waals surface area contributed by atoms with E-state index in [9.17, 15) is 19.5 Å². The summed E-state index contributed by atoms with van der Waals surface area (Å²) in [4.78, 5) is 36.7. The molecule has 1 aliphatic carbocycles. The summed E-state index contributed by atoms with van der Waals surface area (Å²) in [7, 11) is 0. The Labute approximate surface area is 202 Å². The van der Waals surface area contributed by atoms with Crippen molar-refractivity contribution in [1.29, 1.82) is 0 Å². The van der Waals surface area contributed by atoms with Crippen LogP contribution in [0.3, 0.4) is 0 Å². The number of amides is 2. The molecule has 0 aromatic heterocycles. The zero-order valence-corrected chi connectivity index (χ0v) is 19.3. The largest absolute Gasteiger partial charge is 0.506 e. The van der Waals surface area contributed by atoms with Gasteiger partial charge in [0.1, 0.15) is 18.4 Å². The van der Waals surface area contributed by atoms with Crippen LogP contribution in [0.4, 0.5) is 10.5 Å². The Hall–Kier alpha value is -4.33. The highest BCUT2D eigenvalue weighted by Gasteiger charge is 2.30. The number of carbonyl (C=O) groups is 3. The smallest absolute Gasteiger partial charge is 0.407 e.